The topological polar surface area (TPSA) is 93.1 Å². The van der Waals surface area contributed by atoms with Gasteiger partial charge >= 0.3 is 0 Å². The van der Waals surface area contributed by atoms with Crippen LogP contribution in [0.1, 0.15) is 47.1 Å². The molecule has 32 heavy (non-hydrogen) atoms. The molecule has 0 unspecified atom stereocenters. The van der Waals surface area contributed by atoms with E-state index in [2.05, 4.69) is 36.4 Å². The maximum absolute atomic E-state index is 12.8. The maximum atomic E-state index is 12.8. The van der Waals surface area contributed by atoms with E-state index in [1.165, 1.54) is 22.5 Å². The van der Waals surface area contributed by atoms with Gasteiger partial charge in [-0.05, 0) is 35.2 Å². The van der Waals surface area contributed by atoms with Crippen LogP contribution in [-0.2, 0) is 12.0 Å². The smallest absolute Gasteiger partial charge is 0.267 e. The van der Waals surface area contributed by atoms with E-state index in [9.17, 15) is 14.4 Å². The highest BCUT2D eigenvalue weighted by molar-refractivity contribution is 7.99. The second kappa shape index (κ2) is 8.63. The van der Waals surface area contributed by atoms with E-state index in [1.807, 2.05) is 12.1 Å². The summed E-state index contributed by atoms with van der Waals surface area (Å²) in [4.78, 5) is 42.4. The van der Waals surface area contributed by atoms with Crippen molar-refractivity contribution in [2.45, 2.75) is 37.9 Å². The molecule has 0 aliphatic carbocycles. The largest absolute Gasteiger partial charge is 0.320 e. The van der Waals surface area contributed by atoms with E-state index in [1.54, 1.807) is 36.4 Å². The van der Waals surface area contributed by atoms with Crippen LogP contribution in [0.5, 0.6) is 0 Å². The zero-order chi connectivity index (χ0) is 22.9. The summed E-state index contributed by atoms with van der Waals surface area (Å²) in [5, 5.41) is 6.20. The van der Waals surface area contributed by atoms with E-state index in [4.69, 9.17) is 0 Å². The zero-order valence-electron chi connectivity index (χ0n) is 18.1. The van der Waals surface area contributed by atoms with E-state index >= 15 is 0 Å². The number of benzene rings is 2. The molecule has 1 aliphatic heterocycles. The molecule has 0 fully saturated rings. The Morgan fingerprint density at radius 3 is 2.22 bits per heavy atom. The first-order valence-corrected chi connectivity index (χ1v) is 11.3. The van der Waals surface area contributed by atoms with E-state index in [-0.39, 0.29) is 22.4 Å². The van der Waals surface area contributed by atoms with Crippen molar-refractivity contribution < 1.29 is 9.59 Å². The number of aromatic nitrogens is 2. The molecular weight excluding hydrogens is 424 g/mol. The molecule has 2 amide bonds. The molecule has 1 aliphatic rings. The summed E-state index contributed by atoms with van der Waals surface area (Å²) in [6.45, 7) is 6.88. The van der Waals surface area contributed by atoms with Gasteiger partial charge in [0.2, 0.25) is 0 Å². The highest BCUT2D eigenvalue weighted by atomic mass is 32.2. The summed E-state index contributed by atoms with van der Waals surface area (Å²) >= 11 is 1.49. The molecule has 164 valence electrons. The van der Waals surface area contributed by atoms with Gasteiger partial charge in [-0.15, -0.1) is 0 Å². The highest BCUT2D eigenvalue weighted by Gasteiger charge is 2.21. The standard InChI is InChI=1S/C24H24N4O3S/c1-24(2,3)16-10-8-15(9-11-16)20(29)26-18-6-4-5-7-19(18)27-21(30)17-14-25-23-28(22(17)31)12-13-32-23/h4-11,14H,12-13H2,1-3H3,(H,26,29)(H,27,30). The number of amides is 2. The van der Waals surface area contributed by atoms with Gasteiger partial charge in [-0.2, -0.15) is 0 Å². The van der Waals surface area contributed by atoms with Crippen LogP contribution in [0.15, 0.2) is 64.7 Å². The molecule has 0 bridgehead atoms. The van der Waals surface area contributed by atoms with Gasteiger partial charge in [0.25, 0.3) is 17.4 Å². The molecule has 4 rings (SSSR count). The summed E-state index contributed by atoms with van der Waals surface area (Å²) in [6.07, 6.45) is 1.31. The van der Waals surface area contributed by atoms with Crippen LogP contribution in [0.4, 0.5) is 11.4 Å². The van der Waals surface area contributed by atoms with Gasteiger partial charge in [0, 0.05) is 24.1 Å². The van der Waals surface area contributed by atoms with Crippen LogP contribution < -0.4 is 16.2 Å². The molecule has 0 spiro atoms. The van der Waals surface area contributed by atoms with Crippen molar-refractivity contribution in [2.24, 2.45) is 0 Å². The Labute approximate surface area is 190 Å². The summed E-state index contributed by atoms with van der Waals surface area (Å²) in [7, 11) is 0. The Hall–Kier alpha value is -3.39. The van der Waals surface area contributed by atoms with Gasteiger partial charge in [-0.3, -0.25) is 19.0 Å². The number of hydrogen-bond donors (Lipinski definition) is 2. The molecule has 3 aromatic rings. The number of nitrogens with one attached hydrogen (secondary N) is 2. The number of carbonyl (C=O) groups is 2. The first kappa shape index (κ1) is 21.8. The Morgan fingerprint density at radius 2 is 1.59 bits per heavy atom. The third-order valence-electron chi connectivity index (χ3n) is 5.24. The Bertz CT molecular complexity index is 1240. The fourth-order valence-corrected chi connectivity index (χ4v) is 4.29. The minimum Gasteiger partial charge on any atom is -0.320 e. The van der Waals surface area contributed by atoms with Gasteiger partial charge in [-0.1, -0.05) is 56.8 Å². The molecule has 0 saturated carbocycles. The van der Waals surface area contributed by atoms with Crippen LogP contribution in [0.2, 0.25) is 0 Å². The summed E-state index contributed by atoms with van der Waals surface area (Å²) in [6, 6.07) is 14.3. The predicted octanol–water partition coefficient (Wildman–Crippen LogP) is 4.15. The van der Waals surface area contributed by atoms with Crippen LogP contribution in [0.25, 0.3) is 0 Å². The van der Waals surface area contributed by atoms with Crippen molar-refractivity contribution >= 4 is 35.0 Å². The van der Waals surface area contributed by atoms with Crippen molar-refractivity contribution in [3.8, 4) is 0 Å². The average Bonchev–Trinajstić information content (AvgIpc) is 3.24. The van der Waals surface area contributed by atoms with Crippen LogP contribution in [-0.4, -0.2) is 27.1 Å². The predicted molar refractivity (Wildman–Crippen MR) is 127 cm³/mol. The maximum Gasteiger partial charge on any atom is 0.267 e. The Balaban J connectivity index is 1.53. The van der Waals surface area contributed by atoms with Gasteiger partial charge in [-0.25, -0.2) is 4.98 Å². The summed E-state index contributed by atoms with van der Waals surface area (Å²) in [5.74, 6) is -0.0896. The Kier molecular flexibility index (Phi) is 5.88. The second-order valence-electron chi connectivity index (χ2n) is 8.54. The number of fused-ring (bicyclic) bond motifs is 1. The van der Waals surface area contributed by atoms with Crippen LogP contribution >= 0.6 is 11.8 Å². The molecule has 2 N–H and O–H groups in total. The summed E-state index contributed by atoms with van der Waals surface area (Å²) < 4.78 is 1.51. The number of thioether (sulfide) groups is 1. The minimum absolute atomic E-state index is 0.00427. The number of nitrogens with zero attached hydrogens (tertiary/aromatic N) is 2. The molecular formula is C24H24N4O3S. The Morgan fingerprint density at radius 1 is 0.969 bits per heavy atom. The van der Waals surface area contributed by atoms with Crippen molar-refractivity contribution in [3.63, 3.8) is 0 Å². The van der Waals surface area contributed by atoms with E-state index < -0.39 is 5.91 Å². The monoisotopic (exact) mass is 448 g/mol. The summed E-state index contributed by atoms with van der Waals surface area (Å²) in [5.41, 5.74) is 2.09. The van der Waals surface area contributed by atoms with Gasteiger partial charge < -0.3 is 10.6 Å². The molecule has 0 radical (unpaired) electrons. The quantitative estimate of drug-likeness (QED) is 0.585. The van der Waals surface area contributed by atoms with E-state index in [0.29, 0.717) is 28.6 Å². The fourth-order valence-electron chi connectivity index (χ4n) is 3.38. The second-order valence-corrected chi connectivity index (χ2v) is 9.60. The fraction of sp³-hybridized carbons (Fsp3) is 0.250. The lowest BCUT2D eigenvalue weighted by Crippen LogP contribution is -2.29. The molecule has 2 aromatic carbocycles. The SMILES string of the molecule is CC(C)(C)c1ccc(C(=O)Nc2ccccc2NC(=O)c2cnc3n(c2=O)CCS3)cc1. The molecule has 7 nitrogen and oxygen atoms in total. The van der Waals surface area contributed by atoms with Gasteiger partial charge in [0.1, 0.15) is 5.56 Å². The lowest BCUT2D eigenvalue weighted by Gasteiger charge is -2.19. The lowest BCUT2D eigenvalue weighted by molar-refractivity contribution is 0.101. The van der Waals surface area contributed by atoms with Crippen LogP contribution in [0.3, 0.4) is 0 Å². The van der Waals surface area contributed by atoms with Crippen molar-refractivity contribution in [1.29, 1.82) is 0 Å². The number of anilines is 2. The number of rotatable bonds is 4. The third-order valence-corrected chi connectivity index (χ3v) is 6.21. The average molecular weight is 449 g/mol. The minimum atomic E-state index is -0.564. The number of carbonyl (C=O) groups excluding carboxylic acids is 2. The van der Waals surface area contributed by atoms with E-state index in [0.717, 1.165) is 11.3 Å². The molecule has 1 aromatic heterocycles. The number of para-hydroxylation sites is 2. The lowest BCUT2D eigenvalue weighted by atomic mass is 9.87. The van der Waals surface area contributed by atoms with Crippen LogP contribution in [0, 0.1) is 0 Å². The van der Waals surface area contributed by atoms with Crippen molar-refractivity contribution in [1.82, 2.24) is 9.55 Å². The normalized spacial score (nSPS) is 12.8. The molecule has 0 saturated heterocycles. The number of hydrogen-bond acceptors (Lipinski definition) is 5. The van der Waals surface area contributed by atoms with Crippen molar-refractivity contribution in [2.75, 3.05) is 16.4 Å². The van der Waals surface area contributed by atoms with Gasteiger partial charge in [0.15, 0.2) is 5.16 Å². The highest BCUT2D eigenvalue weighted by Crippen LogP contribution is 2.25. The molecule has 0 atom stereocenters. The first-order chi connectivity index (χ1) is 15.2. The first-order valence-electron chi connectivity index (χ1n) is 10.3. The van der Waals surface area contributed by atoms with Gasteiger partial charge in [0.05, 0.1) is 11.4 Å². The molecule has 8 heteroatoms. The zero-order valence-corrected chi connectivity index (χ0v) is 19.0. The molecule has 2 heterocycles. The van der Waals surface area contributed by atoms with Crippen molar-refractivity contribution in [3.05, 3.63) is 81.8 Å². The third kappa shape index (κ3) is 4.45.